The Balaban J connectivity index is 1.59. The number of ketones is 1. The molecule has 1 amide bonds. The highest BCUT2D eigenvalue weighted by Gasteiger charge is 2.19. The van der Waals surface area contributed by atoms with E-state index in [1.165, 1.54) is 30.0 Å². The maximum atomic E-state index is 13.5. The van der Waals surface area contributed by atoms with E-state index in [1.54, 1.807) is 29.9 Å². The minimum atomic E-state index is -0.494. The number of Topliss-reactive ketones (excluding diaryl/α,β-unsaturated/α-hetero) is 1. The zero-order valence-corrected chi connectivity index (χ0v) is 19.1. The molecule has 34 heavy (non-hydrogen) atoms. The van der Waals surface area contributed by atoms with Gasteiger partial charge in [-0.15, -0.1) is 10.2 Å². The van der Waals surface area contributed by atoms with Crippen LogP contribution in [0.2, 0.25) is 0 Å². The minimum Gasteiger partial charge on any atom is -0.495 e. The van der Waals surface area contributed by atoms with Crippen LogP contribution in [-0.2, 0) is 6.54 Å². The van der Waals surface area contributed by atoms with Crippen LogP contribution < -0.4 is 10.1 Å². The number of hydrogen-bond acceptors (Lipinski definition) is 6. The second kappa shape index (κ2) is 10.8. The Hall–Kier alpha value is -3.98. The van der Waals surface area contributed by atoms with E-state index in [9.17, 15) is 14.0 Å². The molecule has 1 heterocycles. The third-order valence-corrected chi connectivity index (χ3v) is 5.88. The standard InChI is InChI=1S/C25H21FN4O3S/c1-33-22-13-6-5-12-20(22)30-23(15-27-24(32)18-10-7-11-19(26)14-18)28-29-25(30)34-16-21(31)17-8-3-2-4-9-17/h2-14H,15-16H2,1H3,(H,27,32). The number of hydrogen-bond donors (Lipinski definition) is 1. The van der Waals surface area contributed by atoms with Crippen LogP contribution in [0.15, 0.2) is 84.0 Å². The number of benzene rings is 3. The number of thioether (sulfide) groups is 1. The second-order valence-electron chi connectivity index (χ2n) is 7.18. The summed E-state index contributed by atoms with van der Waals surface area (Å²) in [5.74, 6) is 0.197. The molecule has 0 atom stereocenters. The molecule has 0 aliphatic carbocycles. The third kappa shape index (κ3) is 5.32. The molecule has 0 unspecified atom stereocenters. The van der Waals surface area contributed by atoms with Crippen LogP contribution >= 0.6 is 11.8 Å². The number of rotatable bonds is 9. The molecule has 3 aromatic carbocycles. The normalized spacial score (nSPS) is 10.6. The zero-order valence-electron chi connectivity index (χ0n) is 18.3. The second-order valence-corrected chi connectivity index (χ2v) is 8.12. The van der Waals surface area contributed by atoms with Crippen LogP contribution in [0.3, 0.4) is 0 Å². The van der Waals surface area contributed by atoms with Crippen molar-refractivity contribution in [1.82, 2.24) is 20.1 Å². The summed E-state index contributed by atoms with van der Waals surface area (Å²) < 4.78 is 20.7. The maximum Gasteiger partial charge on any atom is 0.251 e. The van der Waals surface area contributed by atoms with Crippen LogP contribution in [0.25, 0.3) is 5.69 Å². The number of nitrogens with zero attached hydrogens (tertiary/aromatic N) is 3. The summed E-state index contributed by atoms with van der Waals surface area (Å²) in [5, 5.41) is 11.7. The van der Waals surface area contributed by atoms with E-state index in [4.69, 9.17) is 4.74 Å². The smallest absolute Gasteiger partial charge is 0.251 e. The predicted octanol–water partition coefficient (Wildman–Crippen LogP) is 4.32. The van der Waals surface area contributed by atoms with Gasteiger partial charge in [-0.1, -0.05) is 60.3 Å². The molecular formula is C25H21FN4O3S. The van der Waals surface area contributed by atoms with Gasteiger partial charge < -0.3 is 10.1 Å². The molecule has 4 aromatic rings. The number of halogens is 1. The Labute approximate surface area is 200 Å². The van der Waals surface area contributed by atoms with Crippen molar-refractivity contribution in [2.24, 2.45) is 0 Å². The number of ether oxygens (including phenoxy) is 1. The number of amides is 1. The highest BCUT2D eigenvalue weighted by atomic mass is 32.2. The summed E-state index contributed by atoms with van der Waals surface area (Å²) in [6.45, 7) is 0.0353. The molecule has 9 heteroatoms. The topological polar surface area (TPSA) is 86.1 Å². The lowest BCUT2D eigenvalue weighted by atomic mass is 10.2. The molecule has 0 spiro atoms. The average Bonchev–Trinajstić information content (AvgIpc) is 3.28. The van der Waals surface area contributed by atoms with E-state index in [-0.39, 0.29) is 23.6 Å². The van der Waals surface area contributed by atoms with Gasteiger partial charge in [0, 0.05) is 11.1 Å². The van der Waals surface area contributed by atoms with Crippen LogP contribution in [-0.4, -0.2) is 39.3 Å². The molecule has 0 radical (unpaired) electrons. The molecule has 0 aliphatic heterocycles. The van der Waals surface area contributed by atoms with Gasteiger partial charge >= 0.3 is 0 Å². The Morgan fingerprint density at radius 3 is 2.47 bits per heavy atom. The van der Waals surface area contributed by atoms with Crippen LogP contribution in [0.1, 0.15) is 26.5 Å². The van der Waals surface area contributed by atoms with Gasteiger partial charge in [-0.2, -0.15) is 0 Å². The van der Waals surface area contributed by atoms with Crippen LogP contribution in [0.5, 0.6) is 5.75 Å². The molecule has 172 valence electrons. The Bertz CT molecular complexity index is 1310. The number of para-hydroxylation sites is 2. The van der Waals surface area contributed by atoms with E-state index >= 15 is 0 Å². The van der Waals surface area contributed by atoms with Gasteiger partial charge in [0.15, 0.2) is 16.8 Å². The first-order chi connectivity index (χ1) is 16.6. The van der Waals surface area contributed by atoms with Crippen molar-refractivity contribution in [3.8, 4) is 11.4 Å². The fraction of sp³-hybridized carbons (Fsp3) is 0.120. The van der Waals surface area contributed by atoms with Crippen molar-refractivity contribution in [1.29, 1.82) is 0 Å². The number of methoxy groups -OCH3 is 1. The van der Waals surface area contributed by atoms with Gasteiger partial charge in [0.25, 0.3) is 5.91 Å². The fourth-order valence-electron chi connectivity index (χ4n) is 3.29. The maximum absolute atomic E-state index is 13.5. The largest absolute Gasteiger partial charge is 0.495 e. The number of nitrogens with one attached hydrogen (secondary N) is 1. The minimum absolute atomic E-state index is 0.0353. The van der Waals surface area contributed by atoms with Gasteiger partial charge in [-0.25, -0.2) is 4.39 Å². The van der Waals surface area contributed by atoms with Gasteiger partial charge in [-0.05, 0) is 30.3 Å². The lowest BCUT2D eigenvalue weighted by molar-refractivity contribution is 0.0948. The molecule has 1 aromatic heterocycles. The molecule has 0 saturated carbocycles. The SMILES string of the molecule is COc1ccccc1-n1c(CNC(=O)c2cccc(F)c2)nnc1SCC(=O)c1ccccc1. The van der Waals surface area contributed by atoms with Crippen LogP contribution in [0, 0.1) is 5.82 Å². The molecule has 7 nitrogen and oxygen atoms in total. The van der Waals surface area contributed by atoms with Gasteiger partial charge in [0.1, 0.15) is 11.6 Å². The monoisotopic (exact) mass is 476 g/mol. The predicted molar refractivity (Wildman–Crippen MR) is 127 cm³/mol. The molecule has 1 N–H and O–H groups in total. The molecule has 0 saturated heterocycles. The molecule has 0 bridgehead atoms. The van der Waals surface area contributed by atoms with Crippen molar-refractivity contribution < 1.29 is 18.7 Å². The summed E-state index contributed by atoms with van der Waals surface area (Å²) in [6.07, 6.45) is 0. The van der Waals surface area contributed by atoms with Crippen molar-refractivity contribution in [2.75, 3.05) is 12.9 Å². The summed E-state index contributed by atoms with van der Waals surface area (Å²) >= 11 is 1.24. The summed E-state index contributed by atoms with van der Waals surface area (Å²) in [7, 11) is 1.56. The van der Waals surface area contributed by atoms with Crippen molar-refractivity contribution in [3.05, 3.63) is 102 Å². The Morgan fingerprint density at radius 1 is 0.971 bits per heavy atom. The van der Waals surface area contributed by atoms with Crippen LogP contribution in [0.4, 0.5) is 4.39 Å². The number of aromatic nitrogens is 3. The first kappa shape index (κ1) is 23.2. The quantitative estimate of drug-likeness (QED) is 0.286. The van der Waals surface area contributed by atoms with Gasteiger partial charge in [0.05, 0.1) is 25.1 Å². The van der Waals surface area contributed by atoms with Crippen molar-refractivity contribution >= 4 is 23.5 Å². The van der Waals surface area contributed by atoms with E-state index in [0.29, 0.717) is 28.0 Å². The van der Waals surface area contributed by atoms with E-state index in [1.807, 2.05) is 36.4 Å². The van der Waals surface area contributed by atoms with Gasteiger partial charge in [0.2, 0.25) is 0 Å². The first-order valence-corrected chi connectivity index (χ1v) is 11.4. The van der Waals surface area contributed by atoms with Crippen molar-refractivity contribution in [2.45, 2.75) is 11.7 Å². The number of carbonyl (C=O) groups excluding carboxylic acids is 2. The zero-order chi connectivity index (χ0) is 23.9. The van der Waals surface area contributed by atoms with E-state index in [2.05, 4.69) is 15.5 Å². The highest BCUT2D eigenvalue weighted by molar-refractivity contribution is 7.99. The summed E-state index contributed by atoms with van der Waals surface area (Å²) in [5.41, 5.74) is 1.48. The lowest BCUT2D eigenvalue weighted by Gasteiger charge is -2.14. The molecule has 0 fully saturated rings. The summed E-state index contributed by atoms with van der Waals surface area (Å²) in [4.78, 5) is 25.1. The van der Waals surface area contributed by atoms with Gasteiger partial charge in [-0.3, -0.25) is 14.2 Å². The Morgan fingerprint density at radius 2 is 1.71 bits per heavy atom. The van der Waals surface area contributed by atoms with E-state index in [0.717, 1.165) is 6.07 Å². The summed E-state index contributed by atoms with van der Waals surface area (Å²) in [6, 6.07) is 21.8. The average molecular weight is 477 g/mol. The highest BCUT2D eigenvalue weighted by Crippen LogP contribution is 2.29. The van der Waals surface area contributed by atoms with E-state index < -0.39 is 11.7 Å². The first-order valence-electron chi connectivity index (χ1n) is 10.4. The third-order valence-electron chi connectivity index (χ3n) is 4.95. The Kier molecular flexibility index (Phi) is 7.34. The number of carbonyl (C=O) groups is 2. The van der Waals surface area contributed by atoms with Crippen molar-refractivity contribution in [3.63, 3.8) is 0 Å². The molecule has 0 aliphatic rings. The fourth-order valence-corrected chi connectivity index (χ4v) is 4.15. The molecular weight excluding hydrogens is 455 g/mol. The molecule has 4 rings (SSSR count). The lowest BCUT2D eigenvalue weighted by Crippen LogP contribution is -2.24.